The maximum Gasteiger partial charge on any atom is 0.340 e. The van der Waals surface area contributed by atoms with Gasteiger partial charge < -0.3 is 15.4 Å². The van der Waals surface area contributed by atoms with Gasteiger partial charge in [-0.2, -0.15) is 8.78 Å². The molecular weight excluding hydrogens is 588 g/mol. The van der Waals surface area contributed by atoms with E-state index >= 15 is 0 Å². The second-order valence-corrected chi connectivity index (χ2v) is 8.64. The highest BCUT2D eigenvalue weighted by atomic mass is 79.9. The van der Waals surface area contributed by atoms with E-state index in [1.54, 1.807) is 42.5 Å². The van der Waals surface area contributed by atoms with Crippen molar-refractivity contribution < 1.29 is 31.9 Å². The first kappa shape index (κ1) is 25.7. The normalized spacial score (nSPS) is 11.3. The van der Waals surface area contributed by atoms with E-state index in [2.05, 4.69) is 42.5 Å². The smallest absolute Gasteiger partial charge is 0.340 e. The number of alkyl halides is 4. The van der Waals surface area contributed by atoms with Crippen LogP contribution in [0.5, 0.6) is 5.75 Å². The highest BCUT2D eigenvalue weighted by Crippen LogP contribution is 2.32. The van der Waals surface area contributed by atoms with E-state index in [-0.39, 0.29) is 22.7 Å². The summed E-state index contributed by atoms with van der Waals surface area (Å²) in [5.74, 6) is -5.77. The molecule has 0 bridgehead atoms. The summed E-state index contributed by atoms with van der Waals surface area (Å²) in [6, 6.07) is 16.9. The Bertz CT molecular complexity index is 1210. The van der Waals surface area contributed by atoms with Gasteiger partial charge >= 0.3 is 12.3 Å². The number of ether oxygens (including phenoxy) is 1. The van der Waals surface area contributed by atoms with Gasteiger partial charge in [0.15, 0.2) is 6.61 Å². The van der Waals surface area contributed by atoms with Crippen molar-refractivity contribution in [2.24, 2.45) is 0 Å². The van der Waals surface area contributed by atoms with Gasteiger partial charge in [-0.3, -0.25) is 9.59 Å². The summed E-state index contributed by atoms with van der Waals surface area (Å²) in [7, 11) is 0. The van der Waals surface area contributed by atoms with Crippen LogP contribution in [-0.2, 0) is 0 Å². The Balaban J connectivity index is 1.89. The van der Waals surface area contributed by atoms with E-state index in [1.165, 1.54) is 24.3 Å². The Labute approximate surface area is 208 Å². The number of hydrogen-bond donors (Lipinski definition) is 2. The second-order valence-electron chi connectivity index (χ2n) is 6.93. The average molecular weight is 604 g/mol. The second kappa shape index (κ2) is 11.0. The molecule has 0 aliphatic rings. The van der Waals surface area contributed by atoms with Crippen LogP contribution in [0.3, 0.4) is 0 Å². The van der Waals surface area contributed by atoms with Crippen LogP contribution in [0.4, 0.5) is 28.9 Å². The summed E-state index contributed by atoms with van der Waals surface area (Å²) in [4.78, 5) is 25.3. The number of halogens is 6. The fourth-order valence-electron chi connectivity index (χ4n) is 2.75. The van der Waals surface area contributed by atoms with E-state index in [1.807, 2.05) is 0 Å². The van der Waals surface area contributed by atoms with Crippen molar-refractivity contribution in [2.45, 2.75) is 12.3 Å². The highest BCUT2D eigenvalue weighted by Gasteiger charge is 2.42. The maximum absolute atomic E-state index is 13.4. The lowest BCUT2D eigenvalue weighted by Gasteiger charge is -2.19. The number of amides is 2. The minimum atomic E-state index is -4.39. The van der Waals surface area contributed by atoms with Crippen LogP contribution in [0.25, 0.3) is 0 Å². The quantitative estimate of drug-likeness (QED) is 0.273. The number of carbonyl (C=O) groups is 2. The van der Waals surface area contributed by atoms with Crippen molar-refractivity contribution in [3.05, 3.63) is 86.8 Å². The predicted molar refractivity (Wildman–Crippen MR) is 127 cm³/mol. The molecule has 34 heavy (non-hydrogen) atoms. The molecule has 0 unspecified atom stereocenters. The van der Waals surface area contributed by atoms with E-state index in [0.717, 1.165) is 0 Å². The van der Waals surface area contributed by atoms with Crippen LogP contribution in [0, 0.1) is 0 Å². The van der Waals surface area contributed by atoms with Crippen LogP contribution in [0.15, 0.2) is 75.7 Å². The molecule has 3 rings (SSSR count). The molecule has 0 spiro atoms. The van der Waals surface area contributed by atoms with Gasteiger partial charge in [0.1, 0.15) is 5.75 Å². The third-order valence-corrected chi connectivity index (χ3v) is 5.84. The van der Waals surface area contributed by atoms with E-state index in [4.69, 9.17) is 4.74 Å². The molecule has 11 heteroatoms. The van der Waals surface area contributed by atoms with E-state index in [9.17, 15) is 27.2 Å². The molecule has 0 atom stereocenters. The van der Waals surface area contributed by atoms with Crippen molar-refractivity contribution in [2.75, 3.05) is 17.2 Å². The topological polar surface area (TPSA) is 67.4 Å². The Morgan fingerprint density at radius 2 is 1.38 bits per heavy atom. The van der Waals surface area contributed by atoms with Gasteiger partial charge in [-0.25, -0.2) is 8.78 Å². The minimum Gasteiger partial charge on any atom is -0.485 e. The lowest BCUT2D eigenvalue weighted by atomic mass is 10.2. The SMILES string of the molecule is O=C(Nc1ccc(OCC(F)(F)C(F)F)c(NC(=O)c2ccccc2Br)c1)c1ccccc1Br. The lowest BCUT2D eigenvalue weighted by molar-refractivity contribution is -0.148. The van der Waals surface area contributed by atoms with E-state index in [0.29, 0.717) is 14.5 Å². The monoisotopic (exact) mass is 602 g/mol. The zero-order chi connectivity index (χ0) is 24.9. The first-order valence-corrected chi connectivity index (χ1v) is 11.2. The van der Waals surface area contributed by atoms with Crippen molar-refractivity contribution in [1.82, 2.24) is 0 Å². The number of hydrogen-bond acceptors (Lipinski definition) is 3. The molecule has 178 valence electrons. The molecule has 2 amide bonds. The first-order valence-electron chi connectivity index (χ1n) is 9.63. The number of benzene rings is 3. The molecule has 0 aromatic heterocycles. The van der Waals surface area contributed by atoms with Crippen LogP contribution >= 0.6 is 31.9 Å². The van der Waals surface area contributed by atoms with Crippen molar-refractivity contribution in [3.63, 3.8) is 0 Å². The Morgan fingerprint density at radius 1 is 0.853 bits per heavy atom. The lowest BCUT2D eigenvalue weighted by Crippen LogP contribution is -2.34. The molecule has 2 N–H and O–H groups in total. The molecular formula is C23H16Br2F4N2O3. The van der Waals surface area contributed by atoms with Crippen molar-refractivity contribution in [3.8, 4) is 5.75 Å². The van der Waals surface area contributed by atoms with Crippen LogP contribution in [0.2, 0.25) is 0 Å². The molecule has 0 aliphatic heterocycles. The zero-order valence-electron chi connectivity index (χ0n) is 17.1. The zero-order valence-corrected chi connectivity index (χ0v) is 20.3. The third kappa shape index (κ3) is 6.35. The maximum atomic E-state index is 13.4. The Hall–Kier alpha value is -2.92. The Kier molecular flexibility index (Phi) is 8.32. The summed E-state index contributed by atoms with van der Waals surface area (Å²) in [5.41, 5.74) is 0.666. The standard InChI is InChI=1S/C23H16Br2F4N2O3/c24-16-7-3-1-5-14(16)20(32)30-13-9-10-19(34-12-23(28,29)22(26)27)18(11-13)31-21(33)15-6-2-4-8-17(15)25/h1-11,22H,12H2,(H,30,32)(H,31,33). The number of rotatable bonds is 8. The van der Waals surface area contributed by atoms with Crippen LogP contribution < -0.4 is 15.4 Å². The number of anilines is 2. The summed E-state index contributed by atoms with van der Waals surface area (Å²) in [6.45, 7) is -1.61. The van der Waals surface area contributed by atoms with Crippen LogP contribution in [-0.4, -0.2) is 30.8 Å². The molecule has 0 saturated carbocycles. The van der Waals surface area contributed by atoms with Gasteiger partial charge in [-0.15, -0.1) is 0 Å². The molecule has 0 heterocycles. The molecule has 0 aliphatic carbocycles. The molecule has 5 nitrogen and oxygen atoms in total. The average Bonchev–Trinajstić information content (AvgIpc) is 2.79. The highest BCUT2D eigenvalue weighted by molar-refractivity contribution is 9.10. The van der Waals surface area contributed by atoms with Crippen LogP contribution in [0.1, 0.15) is 20.7 Å². The van der Waals surface area contributed by atoms with E-state index < -0.39 is 30.8 Å². The summed E-state index contributed by atoms with van der Waals surface area (Å²) >= 11 is 6.52. The van der Waals surface area contributed by atoms with Gasteiger partial charge in [0.25, 0.3) is 11.8 Å². The molecule has 3 aromatic rings. The third-order valence-electron chi connectivity index (χ3n) is 4.46. The first-order chi connectivity index (χ1) is 16.1. The summed E-state index contributed by atoms with van der Waals surface area (Å²) in [6.07, 6.45) is -3.92. The Morgan fingerprint density at radius 3 is 1.91 bits per heavy atom. The molecule has 0 saturated heterocycles. The molecule has 0 fully saturated rings. The summed E-state index contributed by atoms with van der Waals surface area (Å²) in [5, 5.41) is 5.14. The van der Waals surface area contributed by atoms with Gasteiger partial charge in [0.05, 0.1) is 16.8 Å². The largest absolute Gasteiger partial charge is 0.485 e. The summed E-state index contributed by atoms with van der Waals surface area (Å²) < 4.78 is 57.8. The molecule has 0 radical (unpaired) electrons. The minimum absolute atomic E-state index is 0.101. The van der Waals surface area contributed by atoms with Gasteiger partial charge in [-0.1, -0.05) is 24.3 Å². The number of nitrogens with one attached hydrogen (secondary N) is 2. The van der Waals surface area contributed by atoms with Gasteiger partial charge in [-0.05, 0) is 74.3 Å². The van der Waals surface area contributed by atoms with Gasteiger partial charge in [0.2, 0.25) is 0 Å². The van der Waals surface area contributed by atoms with Crippen molar-refractivity contribution in [1.29, 1.82) is 0 Å². The van der Waals surface area contributed by atoms with Gasteiger partial charge in [0, 0.05) is 14.6 Å². The fraction of sp³-hybridized carbons (Fsp3) is 0.130. The molecule has 3 aromatic carbocycles. The number of carbonyl (C=O) groups excluding carboxylic acids is 2. The van der Waals surface area contributed by atoms with Crippen molar-refractivity contribution >= 4 is 55.0 Å². The predicted octanol–water partition coefficient (Wildman–Crippen LogP) is 7.00. The fourth-order valence-corrected chi connectivity index (χ4v) is 3.68.